The highest BCUT2D eigenvalue weighted by atomic mass is 32.2. The Morgan fingerprint density at radius 3 is 2.08 bits per heavy atom. The molecule has 0 aromatic heterocycles. The molecule has 0 heterocycles. The number of anilines is 1. The SMILES string of the molecule is CC.CCNc1ccc(SC)cc1. The van der Waals surface area contributed by atoms with E-state index in [4.69, 9.17) is 0 Å². The number of benzene rings is 1. The first-order chi connectivity index (χ1) is 6.36. The number of rotatable bonds is 3. The number of hydrogen-bond acceptors (Lipinski definition) is 2. The average Bonchev–Trinajstić information content (AvgIpc) is 2.23. The van der Waals surface area contributed by atoms with Gasteiger partial charge in [-0.1, -0.05) is 13.8 Å². The zero-order chi connectivity index (χ0) is 10.1. The quantitative estimate of drug-likeness (QED) is 0.738. The smallest absolute Gasteiger partial charge is 0.0340 e. The first kappa shape index (κ1) is 12.4. The predicted molar refractivity (Wildman–Crippen MR) is 63.7 cm³/mol. The molecule has 0 amide bonds. The second kappa shape index (κ2) is 7.99. The fourth-order valence-corrected chi connectivity index (χ4v) is 1.32. The van der Waals surface area contributed by atoms with Crippen LogP contribution in [0.3, 0.4) is 0 Å². The average molecular weight is 197 g/mol. The third kappa shape index (κ3) is 4.83. The van der Waals surface area contributed by atoms with Crippen LogP contribution in [0.15, 0.2) is 29.2 Å². The van der Waals surface area contributed by atoms with E-state index < -0.39 is 0 Å². The van der Waals surface area contributed by atoms with Gasteiger partial charge in [0.15, 0.2) is 0 Å². The molecule has 13 heavy (non-hydrogen) atoms. The molecule has 1 rings (SSSR count). The Morgan fingerprint density at radius 2 is 1.69 bits per heavy atom. The molecule has 0 radical (unpaired) electrons. The summed E-state index contributed by atoms with van der Waals surface area (Å²) < 4.78 is 0. The molecule has 1 aromatic carbocycles. The van der Waals surface area contributed by atoms with Crippen molar-refractivity contribution in [2.24, 2.45) is 0 Å². The van der Waals surface area contributed by atoms with E-state index >= 15 is 0 Å². The van der Waals surface area contributed by atoms with Crippen LogP contribution in [-0.2, 0) is 0 Å². The molecule has 74 valence electrons. The monoisotopic (exact) mass is 197 g/mol. The highest BCUT2D eigenvalue weighted by molar-refractivity contribution is 7.98. The maximum absolute atomic E-state index is 3.25. The van der Waals surface area contributed by atoms with Crippen LogP contribution >= 0.6 is 11.8 Å². The van der Waals surface area contributed by atoms with Crippen molar-refractivity contribution in [3.8, 4) is 0 Å². The van der Waals surface area contributed by atoms with Gasteiger partial charge in [0, 0.05) is 17.1 Å². The Morgan fingerprint density at radius 1 is 1.15 bits per heavy atom. The van der Waals surface area contributed by atoms with Crippen LogP contribution in [0.4, 0.5) is 5.69 Å². The van der Waals surface area contributed by atoms with E-state index in [2.05, 4.69) is 42.8 Å². The van der Waals surface area contributed by atoms with E-state index in [1.165, 1.54) is 10.6 Å². The molecule has 0 saturated carbocycles. The molecule has 0 bridgehead atoms. The van der Waals surface area contributed by atoms with E-state index in [1.54, 1.807) is 11.8 Å². The summed E-state index contributed by atoms with van der Waals surface area (Å²) >= 11 is 1.77. The summed E-state index contributed by atoms with van der Waals surface area (Å²) in [5.41, 5.74) is 1.20. The van der Waals surface area contributed by atoms with Crippen LogP contribution in [-0.4, -0.2) is 12.8 Å². The van der Waals surface area contributed by atoms with Crippen LogP contribution in [0.5, 0.6) is 0 Å². The van der Waals surface area contributed by atoms with Crippen LogP contribution in [0.2, 0.25) is 0 Å². The summed E-state index contributed by atoms with van der Waals surface area (Å²) in [6.07, 6.45) is 2.09. The highest BCUT2D eigenvalue weighted by Crippen LogP contribution is 2.16. The highest BCUT2D eigenvalue weighted by Gasteiger charge is 1.89. The summed E-state index contributed by atoms with van der Waals surface area (Å²) in [4.78, 5) is 1.31. The van der Waals surface area contributed by atoms with Crippen LogP contribution in [0.1, 0.15) is 20.8 Å². The largest absolute Gasteiger partial charge is 0.385 e. The van der Waals surface area contributed by atoms with Gasteiger partial charge in [-0.3, -0.25) is 0 Å². The molecule has 1 aromatic rings. The summed E-state index contributed by atoms with van der Waals surface area (Å²) in [7, 11) is 0. The second-order valence-corrected chi connectivity index (χ2v) is 3.14. The summed E-state index contributed by atoms with van der Waals surface area (Å²) in [5.74, 6) is 0. The van der Waals surface area contributed by atoms with Crippen LogP contribution in [0, 0.1) is 0 Å². The topological polar surface area (TPSA) is 12.0 Å². The first-order valence-corrected chi connectivity index (χ1v) is 5.97. The fourth-order valence-electron chi connectivity index (χ4n) is 0.913. The Kier molecular flexibility index (Phi) is 7.60. The molecule has 2 heteroatoms. The lowest BCUT2D eigenvalue weighted by molar-refractivity contribution is 1.21. The van der Waals surface area contributed by atoms with Crippen molar-refractivity contribution < 1.29 is 0 Å². The zero-order valence-electron chi connectivity index (χ0n) is 8.92. The molecular weight excluding hydrogens is 178 g/mol. The predicted octanol–water partition coefficient (Wildman–Crippen LogP) is 3.87. The Balaban J connectivity index is 0.000000671. The van der Waals surface area contributed by atoms with Gasteiger partial charge in [0.1, 0.15) is 0 Å². The van der Waals surface area contributed by atoms with Crippen LogP contribution in [0.25, 0.3) is 0 Å². The van der Waals surface area contributed by atoms with Crippen molar-refractivity contribution in [3.63, 3.8) is 0 Å². The van der Waals surface area contributed by atoms with Gasteiger partial charge in [-0.05, 0) is 37.4 Å². The molecule has 1 N–H and O–H groups in total. The molecule has 0 spiro atoms. The standard InChI is InChI=1S/C9H13NS.C2H6/c1-3-10-8-4-6-9(11-2)7-5-8;1-2/h4-7,10H,3H2,1-2H3;1-2H3. The van der Waals surface area contributed by atoms with E-state index in [9.17, 15) is 0 Å². The van der Waals surface area contributed by atoms with Crippen molar-refractivity contribution >= 4 is 17.4 Å². The van der Waals surface area contributed by atoms with Crippen molar-refractivity contribution in [1.82, 2.24) is 0 Å². The Hall–Kier alpha value is -0.630. The molecule has 0 aliphatic carbocycles. The molecule has 1 nitrogen and oxygen atoms in total. The van der Waals surface area contributed by atoms with Gasteiger partial charge < -0.3 is 5.32 Å². The fraction of sp³-hybridized carbons (Fsp3) is 0.455. The lowest BCUT2D eigenvalue weighted by Crippen LogP contribution is -1.95. The minimum absolute atomic E-state index is 0.985. The minimum atomic E-state index is 0.985. The summed E-state index contributed by atoms with van der Waals surface area (Å²) in [5, 5.41) is 3.25. The van der Waals surface area contributed by atoms with Crippen molar-refractivity contribution in [2.75, 3.05) is 18.1 Å². The van der Waals surface area contributed by atoms with E-state index in [1.807, 2.05) is 13.8 Å². The maximum Gasteiger partial charge on any atom is 0.0340 e. The first-order valence-electron chi connectivity index (χ1n) is 4.74. The number of hydrogen-bond donors (Lipinski definition) is 1. The van der Waals surface area contributed by atoms with Crippen molar-refractivity contribution in [1.29, 1.82) is 0 Å². The second-order valence-electron chi connectivity index (χ2n) is 2.26. The normalized spacial score (nSPS) is 8.62. The van der Waals surface area contributed by atoms with Gasteiger partial charge in [-0.15, -0.1) is 11.8 Å². The number of nitrogens with one attached hydrogen (secondary N) is 1. The third-order valence-corrected chi connectivity index (χ3v) is 2.21. The van der Waals surface area contributed by atoms with Gasteiger partial charge in [0.2, 0.25) is 0 Å². The maximum atomic E-state index is 3.25. The lowest BCUT2D eigenvalue weighted by atomic mass is 10.3. The molecular formula is C11H19NS. The van der Waals surface area contributed by atoms with Gasteiger partial charge >= 0.3 is 0 Å². The summed E-state index contributed by atoms with van der Waals surface area (Å²) in [6, 6.07) is 8.47. The Bertz CT molecular complexity index is 206. The van der Waals surface area contributed by atoms with E-state index in [-0.39, 0.29) is 0 Å². The third-order valence-electron chi connectivity index (χ3n) is 1.47. The minimum Gasteiger partial charge on any atom is -0.385 e. The van der Waals surface area contributed by atoms with Crippen molar-refractivity contribution in [2.45, 2.75) is 25.7 Å². The van der Waals surface area contributed by atoms with Crippen LogP contribution < -0.4 is 5.32 Å². The number of thioether (sulfide) groups is 1. The van der Waals surface area contributed by atoms with Gasteiger partial charge in [-0.2, -0.15) is 0 Å². The lowest BCUT2D eigenvalue weighted by Gasteiger charge is -2.02. The molecule has 0 unspecified atom stereocenters. The molecule has 0 atom stereocenters. The zero-order valence-corrected chi connectivity index (χ0v) is 9.74. The molecule has 0 saturated heterocycles. The molecule has 0 aliphatic rings. The van der Waals surface area contributed by atoms with Gasteiger partial charge in [0.25, 0.3) is 0 Å². The van der Waals surface area contributed by atoms with Gasteiger partial charge in [0.05, 0.1) is 0 Å². The van der Waals surface area contributed by atoms with Gasteiger partial charge in [-0.25, -0.2) is 0 Å². The summed E-state index contributed by atoms with van der Waals surface area (Å²) in [6.45, 7) is 7.08. The van der Waals surface area contributed by atoms with E-state index in [0.717, 1.165) is 6.54 Å². The molecule has 0 aliphatic heterocycles. The van der Waals surface area contributed by atoms with Crippen molar-refractivity contribution in [3.05, 3.63) is 24.3 Å². The Labute approximate surface area is 85.9 Å². The molecule has 0 fully saturated rings. The van der Waals surface area contributed by atoms with E-state index in [0.29, 0.717) is 0 Å².